The van der Waals surface area contributed by atoms with E-state index in [0.29, 0.717) is 11.9 Å². The molecule has 1 fully saturated rings. The van der Waals surface area contributed by atoms with Gasteiger partial charge in [0.05, 0.1) is 6.04 Å². The number of anilines is 3. The molecule has 146 valence electrons. The smallest absolute Gasteiger partial charge is 0.243 e. The van der Waals surface area contributed by atoms with E-state index in [1.165, 1.54) is 36.1 Å². The Morgan fingerprint density at radius 3 is 2.93 bits per heavy atom. The van der Waals surface area contributed by atoms with Crippen LogP contribution in [0.4, 0.5) is 17.6 Å². The van der Waals surface area contributed by atoms with E-state index in [0.717, 1.165) is 30.0 Å². The van der Waals surface area contributed by atoms with Crippen molar-refractivity contribution < 1.29 is 0 Å². The summed E-state index contributed by atoms with van der Waals surface area (Å²) in [4.78, 5) is 4.80. The summed E-state index contributed by atoms with van der Waals surface area (Å²) in [6.07, 6.45) is 7.83. The van der Waals surface area contributed by atoms with E-state index in [2.05, 4.69) is 56.3 Å². The van der Waals surface area contributed by atoms with Gasteiger partial charge in [-0.3, -0.25) is 5.10 Å². The van der Waals surface area contributed by atoms with Gasteiger partial charge >= 0.3 is 0 Å². The van der Waals surface area contributed by atoms with Gasteiger partial charge in [0, 0.05) is 23.9 Å². The highest BCUT2D eigenvalue weighted by Gasteiger charge is 2.26. The molecule has 0 amide bonds. The number of fused-ring (bicyclic) bond motifs is 2. The fourth-order valence-corrected chi connectivity index (χ4v) is 4.27. The Labute approximate surface area is 168 Å². The molecule has 7 nitrogen and oxygen atoms in total. The molecule has 6 rings (SSSR count). The Bertz CT molecular complexity index is 1170. The van der Waals surface area contributed by atoms with E-state index in [9.17, 15) is 0 Å². The SMILES string of the molecule is c1ccc2c(c1)CCCC2Nc1nc(Nc2cc(C3CC3)[nH]n2)c2cccn2n1. The second kappa shape index (κ2) is 6.62. The molecule has 0 bridgehead atoms. The summed E-state index contributed by atoms with van der Waals surface area (Å²) in [5.41, 5.74) is 4.90. The van der Waals surface area contributed by atoms with Gasteiger partial charge in [0.25, 0.3) is 0 Å². The third kappa shape index (κ3) is 3.12. The van der Waals surface area contributed by atoms with Crippen LogP contribution in [0.1, 0.15) is 54.5 Å². The van der Waals surface area contributed by atoms with Crippen molar-refractivity contribution in [3.63, 3.8) is 0 Å². The molecule has 3 aromatic heterocycles. The van der Waals surface area contributed by atoms with Crippen LogP contribution in [0, 0.1) is 0 Å². The molecule has 3 heterocycles. The van der Waals surface area contributed by atoms with Crippen molar-refractivity contribution in [3.05, 3.63) is 65.5 Å². The van der Waals surface area contributed by atoms with E-state index in [1.54, 1.807) is 0 Å². The first-order chi connectivity index (χ1) is 14.3. The van der Waals surface area contributed by atoms with E-state index in [1.807, 2.05) is 22.8 Å². The molecule has 1 saturated carbocycles. The molecule has 4 aromatic rings. The molecule has 7 heteroatoms. The average molecular weight is 385 g/mol. The summed E-state index contributed by atoms with van der Waals surface area (Å²) in [7, 11) is 0. The minimum atomic E-state index is 0.229. The number of benzene rings is 1. The first kappa shape index (κ1) is 16.6. The minimum Gasteiger partial charge on any atom is -0.346 e. The van der Waals surface area contributed by atoms with Gasteiger partial charge in [-0.05, 0) is 55.4 Å². The van der Waals surface area contributed by atoms with Crippen LogP contribution >= 0.6 is 0 Å². The van der Waals surface area contributed by atoms with E-state index in [-0.39, 0.29) is 6.04 Å². The van der Waals surface area contributed by atoms with Crippen molar-refractivity contribution in [2.45, 2.75) is 44.1 Å². The Balaban J connectivity index is 1.32. The predicted molar refractivity (Wildman–Crippen MR) is 113 cm³/mol. The molecular formula is C22H23N7. The third-order valence-corrected chi connectivity index (χ3v) is 5.93. The number of hydrogen-bond acceptors (Lipinski definition) is 5. The fraction of sp³-hybridized carbons (Fsp3) is 0.318. The van der Waals surface area contributed by atoms with Crippen LogP contribution in [0.3, 0.4) is 0 Å². The first-order valence-electron chi connectivity index (χ1n) is 10.4. The summed E-state index contributed by atoms with van der Waals surface area (Å²) in [6.45, 7) is 0. The Morgan fingerprint density at radius 1 is 1.07 bits per heavy atom. The Morgan fingerprint density at radius 2 is 2.00 bits per heavy atom. The first-order valence-corrected chi connectivity index (χ1v) is 10.4. The van der Waals surface area contributed by atoms with Gasteiger partial charge in [0.15, 0.2) is 11.6 Å². The van der Waals surface area contributed by atoms with Crippen LogP contribution < -0.4 is 10.6 Å². The molecule has 1 atom stereocenters. The van der Waals surface area contributed by atoms with Crippen LogP contribution in [0.5, 0.6) is 0 Å². The monoisotopic (exact) mass is 385 g/mol. The average Bonchev–Trinajstić information content (AvgIpc) is 3.29. The highest BCUT2D eigenvalue weighted by atomic mass is 15.3. The quantitative estimate of drug-likeness (QED) is 0.469. The van der Waals surface area contributed by atoms with E-state index >= 15 is 0 Å². The van der Waals surface area contributed by atoms with Gasteiger partial charge in [0.2, 0.25) is 5.95 Å². The highest BCUT2D eigenvalue weighted by molar-refractivity contribution is 5.73. The lowest BCUT2D eigenvalue weighted by atomic mass is 9.88. The van der Waals surface area contributed by atoms with Crippen LogP contribution in [-0.2, 0) is 6.42 Å². The van der Waals surface area contributed by atoms with Crippen molar-refractivity contribution in [2.24, 2.45) is 0 Å². The molecule has 29 heavy (non-hydrogen) atoms. The molecule has 1 unspecified atom stereocenters. The van der Waals surface area contributed by atoms with E-state index in [4.69, 9.17) is 4.98 Å². The number of aromatic amines is 1. The topological polar surface area (TPSA) is 82.9 Å². The zero-order chi connectivity index (χ0) is 19.2. The molecule has 2 aliphatic carbocycles. The molecule has 0 aliphatic heterocycles. The number of nitrogens with zero attached hydrogens (tertiary/aromatic N) is 4. The van der Waals surface area contributed by atoms with Gasteiger partial charge in [-0.25, -0.2) is 4.52 Å². The number of rotatable bonds is 5. The van der Waals surface area contributed by atoms with Crippen LogP contribution in [0.25, 0.3) is 5.52 Å². The second-order valence-electron chi connectivity index (χ2n) is 8.02. The molecule has 2 aliphatic rings. The maximum Gasteiger partial charge on any atom is 0.243 e. The Kier molecular flexibility index (Phi) is 3.78. The van der Waals surface area contributed by atoms with Crippen molar-refractivity contribution in [1.29, 1.82) is 0 Å². The summed E-state index contributed by atoms with van der Waals surface area (Å²) >= 11 is 0. The molecule has 3 N–H and O–H groups in total. The van der Waals surface area contributed by atoms with Gasteiger partial charge in [0.1, 0.15) is 5.52 Å². The summed E-state index contributed by atoms with van der Waals surface area (Å²) in [5, 5.41) is 19.2. The normalized spacial score (nSPS) is 18.6. The lowest BCUT2D eigenvalue weighted by Crippen LogP contribution is -2.19. The van der Waals surface area contributed by atoms with Crippen LogP contribution in [-0.4, -0.2) is 24.8 Å². The summed E-state index contributed by atoms with van der Waals surface area (Å²) in [6, 6.07) is 15.0. The minimum absolute atomic E-state index is 0.229. The highest BCUT2D eigenvalue weighted by Crippen LogP contribution is 2.39. The van der Waals surface area contributed by atoms with Gasteiger partial charge in [-0.1, -0.05) is 24.3 Å². The van der Waals surface area contributed by atoms with Crippen molar-refractivity contribution in [3.8, 4) is 0 Å². The molecular weight excluding hydrogens is 362 g/mol. The summed E-state index contributed by atoms with van der Waals surface area (Å²) in [5.74, 6) is 2.81. The predicted octanol–water partition coefficient (Wildman–Crippen LogP) is 4.56. The van der Waals surface area contributed by atoms with Crippen molar-refractivity contribution in [1.82, 2.24) is 24.8 Å². The van der Waals surface area contributed by atoms with Crippen molar-refractivity contribution in [2.75, 3.05) is 10.6 Å². The van der Waals surface area contributed by atoms with Gasteiger partial charge in [-0.2, -0.15) is 10.1 Å². The number of aromatic nitrogens is 5. The van der Waals surface area contributed by atoms with E-state index < -0.39 is 0 Å². The zero-order valence-electron chi connectivity index (χ0n) is 16.1. The van der Waals surface area contributed by atoms with Gasteiger partial charge < -0.3 is 10.6 Å². The molecule has 0 radical (unpaired) electrons. The van der Waals surface area contributed by atoms with Crippen LogP contribution in [0.2, 0.25) is 0 Å². The Hall–Kier alpha value is -3.35. The standard InChI is InChI=1S/C22H23N7/c1-2-7-16-14(5-1)6-3-8-17(16)23-22-25-21(19-9-4-12-29(19)28-22)24-20-13-18(26-27-20)15-10-11-15/h1-2,4-5,7,9,12-13,15,17H,3,6,8,10-11H2,(H3,23,24,25,26,27,28). The van der Waals surface area contributed by atoms with Crippen molar-refractivity contribution >= 4 is 23.1 Å². The molecule has 0 saturated heterocycles. The third-order valence-electron chi connectivity index (χ3n) is 5.93. The molecule has 1 aromatic carbocycles. The second-order valence-corrected chi connectivity index (χ2v) is 8.02. The lowest BCUT2D eigenvalue weighted by Gasteiger charge is -2.26. The number of aryl methyl sites for hydroxylation is 1. The number of nitrogens with one attached hydrogen (secondary N) is 3. The lowest BCUT2D eigenvalue weighted by molar-refractivity contribution is 0.594. The maximum absolute atomic E-state index is 4.80. The number of H-pyrrole nitrogens is 1. The zero-order valence-corrected chi connectivity index (χ0v) is 16.1. The van der Waals surface area contributed by atoms with Gasteiger partial charge in [-0.15, -0.1) is 5.10 Å². The largest absolute Gasteiger partial charge is 0.346 e. The molecule has 0 spiro atoms. The number of hydrogen-bond donors (Lipinski definition) is 3. The van der Waals surface area contributed by atoms with Crippen LogP contribution in [0.15, 0.2) is 48.7 Å². The maximum atomic E-state index is 4.80. The fourth-order valence-electron chi connectivity index (χ4n) is 4.27. The summed E-state index contributed by atoms with van der Waals surface area (Å²) < 4.78 is 1.86.